The Morgan fingerprint density at radius 3 is 2.86 bits per heavy atom. The molecule has 0 saturated carbocycles. The van der Waals surface area contributed by atoms with Crippen LogP contribution in [0.4, 0.5) is 16.2 Å². The second-order valence-electron chi connectivity index (χ2n) is 9.22. The molecule has 2 aliphatic heterocycles. The number of H-pyrrole nitrogens is 1. The highest BCUT2D eigenvalue weighted by Crippen LogP contribution is 2.50. The van der Waals surface area contributed by atoms with Gasteiger partial charge in [-0.1, -0.05) is 41.9 Å². The molecule has 4 aromatic rings. The molecule has 188 valence electrons. The number of benzene rings is 3. The molecule has 1 aromatic heterocycles. The number of aromatic nitrogens is 4. The summed E-state index contributed by atoms with van der Waals surface area (Å²) in [6.07, 6.45) is 1.33. The zero-order valence-corrected chi connectivity index (χ0v) is 20.6. The normalized spacial score (nSPS) is 20.3. The number of aromatic amines is 1. The number of rotatable bonds is 5. The van der Waals surface area contributed by atoms with E-state index in [4.69, 9.17) is 21.1 Å². The van der Waals surface area contributed by atoms with Crippen molar-refractivity contribution < 1.29 is 14.3 Å². The van der Waals surface area contributed by atoms with Crippen LogP contribution in [-0.2, 0) is 16.1 Å². The fourth-order valence-electron chi connectivity index (χ4n) is 5.17. The SMILES string of the molecule is O=C(Nc1cc(Cl)cc([C@H]2Nc3ccc(-c4nn[nH]n4)cc3[C@H]3OCCC[C@@H]23)c1)OCc1ccccc1. The topological polar surface area (TPSA) is 114 Å². The molecule has 10 heteroatoms. The molecule has 0 aliphatic carbocycles. The second kappa shape index (κ2) is 10.2. The molecular weight excluding hydrogens is 492 g/mol. The van der Waals surface area contributed by atoms with Gasteiger partial charge in [0, 0.05) is 40.0 Å². The van der Waals surface area contributed by atoms with Crippen molar-refractivity contribution in [2.75, 3.05) is 17.2 Å². The van der Waals surface area contributed by atoms with Crippen LogP contribution in [-0.4, -0.2) is 33.3 Å². The van der Waals surface area contributed by atoms with Gasteiger partial charge in [-0.15, -0.1) is 10.2 Å². The second-order valence-corrected chi connectivity index (χ2v) is 9.65. The molecule has 1 amide bonds. The summed E-state index contributed by atoms with van der Waals surface area (Å²) in [6.45, 7) is 0.892. The lowest BCUT2D eigenvalue weighted by Gasteiger charge is -2.43. The number of ether oxygens (including phenoxy) is 2. The number of hydrogen-bond acceptors (Lipinski definition) is 7. The van der Waals surface area contributed by atoms with Crippen LogP contribution < -0.4 is 10.6 Å². The zero-order valence-electron chi connectivity index (χ0n) is 19.9. The molecule has 0 spiro atoms. The molecule has 3 N–H and O–H groups in total. The van der Waals surface area contributed by atoms with Gasteiger partial charge in [-0.05, 0) is 65.6 Å². The van der Waals surface area contributed by atoms with Gasteiger partial charge in [0.15, 0.2) is 0 Å². The molecule has 3 heterocycles. The Hall–Kier alpha value is -3.95. The standard InChI is InChI=1S/C27H25ClN6O3/c28-19-11-18(12-20(14-19)29-27(35)37-15-16-5-2-1-3-6-16)24-21-7-4-10-36-25(21)22-13-17(8-9-23(22)30-24)26-31-33-34-32-26/h1-3,5-6,8-9,11-14,21,24-25,30H,4,7,10,15H2,(H,29,35)(H,31,32,33,34)/t21-,24+,25-/m0/s1. The minimum atomic E-state index is -0.535. The Morgan fingerprint density at radius 2 is 2.03 bits per heavy atom. The van der Waals surface area contributed by atoms with Crippen LogP contribution in [0.5, 0.6) is 0 Å². The average Bonchev–Trinajstić information content (AvgIpc) is 3.47. The van der Waals surface area contributed by atoms with Crippen molar-refractivity contribution in [2.45, 2.75) is 31.6 Å². The predicted octanol–water partition coefficient (Wildman–Crippen LogP) is 5.90. The van der Waals surface area contributed by atoms with Gasteiger partial charge in [-0.25, -0.2) is 4.79 Å². The van der Waals surface area contributed by atoms with E-state index in [1.807, 2.05) is 54.6 Å². The van der Waals surface area contributed by atoms with Crippen LogP contribution in [0.15, 0.2) is 66.7 Å². The van der Waals surface area contributed by atoms with E-state index in [2.05, 4.69) is 37.3 Å². The number of tetrazole rings is 1. The van der Waals surface area contributed by atoms with Crippen molar-refractivity contribution in [3.8, 4) is 11.4 Å². The van der Waals surface area contributed by atoms with Crippen molar-refractivity contribution in [1.82, 2.24) is 20.6 Å². The number of carbonyl (C=O) groups is 1. The Balaban J connectivity index is 1.25. The lowest BCUT2D eigenvalue weighted by Crippen LogP contribution is -2.36. The molecule has 37 heavy (non-hydrogen) atoms. The molecule has 0 unspecified atom stereocenters. The summed E-state index contributed by atoms with van der Waals surface area (Å²) in [7, 11) is 0. The van der Waals surface area contributed by atoms with Crippen LogP contribution in [0.25, 0.3) is 11.4 Å². The first-order chi connectivity index (χ1) is 18.1. The minimum Gasteiger partial charge on any atom is -0.444 e. The number of halogens is 1. The van der Waals surface area contributed by atoms with Gasteiger partial charge in [0.05, 0.1) is 12.1 Å². The number of carbonyl (C=O) groups excluding carboxylic acids is 1. The molecule has 1 saturated heterocycles. The fraction of sp³-hybridized carbons (Fsp3) is 0.259. The number of nitrogens with one attached hydrogen (secondary N) is 3. The van der Waals surface area contributed by atoms with Crippen LogP contribution in [0.1, 0.15) is 41.7 Å². The van der Waals surface area contributed by atoms with E-state index in [1.54, 1.807) is 6.07 Å². The Kier molecular flexibility index (Phi) is 6.46. The average molecular weight is 517 g/mol. The van der Waals surface area contributed by atoms with Gasteiger partial charge in [0.25, 0.3) is 0 Å². The van der Waals surface area contributed by atoms with Crippen LogP contribution in [0, 0.1) is 5.92 Å². The van der Waals surface area contributed by atoms with E-state index in [0.717, 1.165) is 40.8 Å². The summed E-state index contributed by atoms with van der Waals surface area (Å²) >= 11 is 6.50. The summed E-state index contributed by atoms with van der Waals surface area (Å²) in [4.78, 5) is 12.5. The maximum absolute atomic E-state index is 12.5. The third kappa shape index (κ3) is 5.00. The summed E-state index contributed by atoms with van der Waals surface area (Å²) < 4.78 is 11.7. The van der Waals surface area contributed by atoms with Gasteiger partial charge in [0.2, 0.25) is 5.82 Å². The first kappa shape index (κ1) is 23.4. The van der Waals surface area contributed by atoms with Crippen molar-refractivity contribution in [3.63, 3.8) is 0 Å². The molecule has 3 atom stereocenters. The van der Waals surface area contributed by atoms with Crippen LogP contribution in [0.2, 0.25) is 5.02 Å². The molecule has 9 nitrogen and oxygen atoms in total. The van der Waals surface area contributed by atoms with Crippen LogP contribution in [0.3, 0.4) is 0 Å². The van der Waals surface area contributed by atoms with E-state index in [1.165, 1.54) is 0 Å². The largest absolute Gasteiger partial charge is 0.444 e. The van der Waals surface area contributed by atoms with Gasteiger partial charge in [0.1, 0.15) is 6.61 Å². The first-order valence-electron chi connectivity index (χ1n) is 12.2. The summed E-state index contributed by atoms with van der Waals surface area (Å²) in [5.41, 5.74) is 5.41. The van der Waals surface area contributed by atoms with Gasteiger partial charge < -0.3 is 14.8 Å². The first-order valence-corrected chi connectivity index (χ1v) is 12.6. The van der Waals surface area contributed by atoms with Crippen molar-refractivity contribution in [3.05, 3.63) is 88.4 Å². The van der Waals surface area contributed by atoms with E-state index >= 15 is 0 Å². The van der Waals surface area contributed by atoms with E-state index in [9.17, 15) is 4.79 Å². The zero-order chi connectivity index (χ0) is 25.2. The maximum atomic E-state index is 12.5. The summed E-state index contributed by atoms with van der Waals surface area (Å²) in [6, 6.07) is 21.2. The van der Waals surface area contributed by atoms with Crippen molar-refractivity contribution >= 4 is 29.1 Å². The minimum absolute atomic E-state index is 0.0478. The summed E-state index contributed by atoms with van der Waals surface area (Å²) in [5, 5.41) is 21.4. The monoisotopic (exact) mass is 516 g/mol. The molecule has 6 rings (SSSR count). The number of nitrogens with zero attached hydrogens (tertiary/aromatic N) is 3. The predicted molar refractivity (Wildman–Crippen MR) is 139 cm³/mol. The van der Waals surface area contributed by atoms with Gasteiger partial charge >= 0.3 is 6.09 Å². The van der Waals surface area contributed by atoms with E-state index in [0.29, 0.717) is 23.1 Å². The molecule has 3 aromatic carbocycles. The number of amides is 1. The fourth-order valence-corrected chi connectivity index (χ4v) is 5.41. The molecule has 2 aliphatic rings. The lowest BCUT2D eigenvalue weighted by atomic mass is 9.77. The third-order valence-electron chi connectivity index (χ3n) is 6.81. The highest BCUT2D eigenvalue weighted by atomic mass is 35.5. The van der Waals surface area contributed by atoms with Gasteiger partial charge in [-0.2, -0.15) is 5.21 Å². The Labute approximate surface area is 218 Å². The molecule has 0 radical (unpaired) electrons. The lowest BCUT2D eigenvalue weighted by molar-refractivity contribution is -0.0381. The molecule has 1 fully saturated rings. The smallest absolute Gasteiger partial charge is 0.411 e. The third-order valence-corrected chi connectivity index (χ3v) is 7.03. The van der Waals surface area contributed by atoms with Gasteiger partial charge in [-0.3, -0.25) is 5.32 Å². The van der Waals surface area contributed by atoms with Crippen molar-refractivity contribution in [1.29, 1.82) is 0 Å². The highest BCUT2D eigenvalue weighted by Gasteiger charge is 2.40. The quantitative estimate of drug-likeness (QED) is 0.302. The highest BCUT2D eigenvalue weighted by molar-refractivity contribution is 6.31. The Bertz CT molecular complexity index is 1400. The summed E-state index contributed by atoms with van der Waals surface area (Å²) in [5.74, 6) is 0.722. The van der Waals surface area contributed by atoms with E-state index < -0.39 is 6.09 Å². The molecular formula is C27H25ClN6O3. The molecule has 0 bridgehead atoms. The number of anilines is 2. The van der Waals surface area contributed by atoms with Crippen molar-refractivity contribution in [2.24, 2.45) is 5.92 Å². The maximum Gasteiger partial charge on any atom is 0.411 e. The number of fused-ring (bicyclic) bond motifs is 3. The van der Waals surface area contributed by atoms with E-state index in [-0.39, 0.29) is 24.7 Å². The number of hydrogen-bond donors (Lipinski definition) is 3. The Morgan fingerprint density at radius 1 is 1.14 bits per heavy atom. The van der Waals surface area contributed by atoms with Crippen LogP contribution >= 0.6 is 11.6 Å².